The molecule has 1 aliphatic heterocycles. The van der Waals surface area contributed by atoms with Crippen molar-refractivity contribution >= 4 is 17.8 Å². The molecule has 1 aliphatic carbocycles. The minimum Gasteiger partial charge on any atom is -0.480 e. The smallest absolute Gasteiger partial charge is 0.320 e. The number of nitrogens with zero attached hydrogens (tertiary/aromatic N) is 2. The van der Waals surface area contributed by atoms with Crippen LogP contribution in [0.5, 0.6) is 0 Å². The second kappa shape index (κ2) is 6.89. The van der Waals surface area contributed by atoms with Crippen LogP contribution in [0.1, 0.15) is 32.1 Å². The molecule has 0 aromatic carbocycles. The van der Waals surface area contributed by atoms with E-state index in [9.17, 15) is 19.5 Å². The number of carbonyl (C=O) groups is 3. The molecule has 2 aliphatic rings. The van der Waals surface area contributed by atoms with E-state index in [0.29, 0.717) is 13.0 Å². The first kappa shape index (κ1) is 15.8. The fourth-order valence-electron chi connectivity index (χ4n) is 2.56. The van der Waals surface area contributed by atoms with Crippen molar-refractivity contribution in [2.24, 2.45) is 0 Å². The van der Waals surface area contributed by atoms with Crippen LogP contribution in [0.15, 0.2) is 0 Å². The Hall–Kier alpha value is -1.63. The first-order valence-electron chi connectivity index (χ1n) is 7.47. The molecule has 2 amide bonds. The van der Waals surface area contributed by atoms with Gasteiger partial charge < -0.3 is 15.3 Å². The van der Waals surface area contributed by atoms with Crippen molar-refractivity contribution in [3.63, 3.8) is 0 Å². The lowest BCUT2D eigenvalue weighted by atomic mass is 10.0. The van der Waals surface area contributed by atoms with Crippen molar-refractivity contribution in [3.05, 3.63) is 0 Å². The topological polar surface area (TPSA) is 90.0 Å². The Bertz CT molecular complexity index is 422. The summed E-state index contributed by atoms with van der Waals surface area (Å²) in [5, 5.41) is 12.0. The highest BCUT2D eigenvalue weighted by Gasteiger charge is 2.31. The van der Waals surface area contributed by atoms with Gasteiger partial charge in [-0.05, 0) is 32.2 Å². The van der Waals surface area contributed by atoms with Gasteiger partial charge in [0.25, 0.3) is 0 Å². The van der Waals surface area contributed by atoms with Crippen LogP contribution in [0.4, 0.5) is 0 Å². The van der Waals surface area contributed by atoms with E-state index in [1.807, 2.05) is 0 Å². The first-order chi connectivity index (χ1) is 9.97. The molecule has 0 bridgehead atoms. The standard InChI is InChI=1S/C14H23N3O4/c1-16(8-12(18)15-10-5-6-10)13(19)9-17-7-3-2-4-11(17)14(20)21/h10-11H,2-9H2,1H3,(H,15,18)(H,20,21). The van der Waals surface area contributed by atoms with Crippen LogP contribution in [0.3, 0.4) is 0 Å². The summed E-state index contributed by atoms with van der Waals surface area (Å²) in [6.45, 7) is 0.704. The van der Waals surface area contributed by atoms with Gasteiger partial charge >= 0.3 is 5.97 Å². The Labute approximate surface area is 124 Å². The monoisotopic (exact) mass is 297 g/mol. The molecule has 0 aromatic rings. The van der Waals surface area contributed by atoms with Gasteiger partial charge in [0.15, 0.2) is 0 Å². The Balaban J connectivity index is 1.80. The summed E-state index contributed by atoms with van der Waals surface area (Å²) in [6.07, 6.45) is 4.38. The number of hydrogen-bond donors (Lipinski definition) is 2. The SMILES string of the molecule is CN(CC(=O)NC1CC1)C(=O)CN1CCCCC1C(=O)O. The summed E-state index contributed by atoms with van der Waals surface area (Å²) < 4.78 is 0. The molecule has 2 rings (SSSR count). The molecule has 1 atom stereocenters. The van der Waals surface area contributed by atoms with Crippen molar-refractivity contribution < 1.29 is 19.5 Å². The minimum absolute atomic E-state index is 0.0287. The second-order valence-electron chi connectivity index (χ2n) is 5.91. The van der Waals surface area contributed by atoms with E-state index in [-0.39, 0.29) is 30.9 Å². The van der Waals surface area contributed by atoms with Crippen molar-refractivity contribution in [2.75, 3.05) is 26.7 Å². The third-order valence-corrected chi connectivity index (χ3v) is 3.99. The Morgan fingerprint density at radius 2 is 1.95 bits per heavy atom. The summed E-state index contributed by atoms with van der Waals surface area (Å²) in [4.78, 5) is 38.0. The quantitative estimate of drug-likeness (QED) is 0.700. The number of carboxylic acids is 1. The maximum Gasteiger partial charge on any atom is 0.320 e. The Morgan fingerprint density at radius 1 is 1.24 bits per heavy atom. The van der Waals surface area contributed by atoms with Crippen LogP contribution in [0.2, 0.25) is 0 Å². The Morgan fingerprint density at radius 3 is 2.57 bits per heavy atom. The molecule has 1 saturated heterocycles. The molecule has 2 N–H and O–H groups in total. The van der Waals surface area contributed by atoms with Gasteiger partial charge in [-0.2, -0.15) is 0 Å². The van der Waals surface area contributed by atoms with Gasteiger partial charge in [-0.25, -0.2) is 0 Å². The highest BCUT2D eigenvalue weighted by molar-refractivity contribution is 5.86. The van der Waals surface area contributed by atoms with Crippen LogP contribution in [-0.2, 0) is 14.4 Å². The first-order valence-corrected chi connectivity index (χ1v) is 7.47. The molecule has 21 heavy (non-hydrogen) atoms. The summed E-state index contributed by atoms with van der Waals surface area (Å²) in [5.74, 6) is -1.24. The zero-order valence-corrected chi connectivity index (χ0v) is 12.4. The van der Waals surface area contributed by atoms with E-state index in [4.69, 9.17) is 0 Å². The fourth-order valence-corrected chi connectivity index (χ4v) is 2.56. The molecule has 1 unspecified atom stereocenters. The van der Waals surface area contributed by atoms with Crippen LogP contribution in [-0.4, -0.2) is 71.5 Å². The summed E-state index contributed by atoms with van der Waals surface area (Å²) in [6, 6.07) is -0.309. The van der Waals surface area contributed by atoms with Gasteiger partial charge in [-0.1, -0.05) is 6.42 Å². The largest absolute Gasteiger partial charge is 0.480 e. The molecule has 1 heterocycles. The van der Waals surface area contributed by atoms with E-state index in [1.54, 1.807) is 11.9 Å². The fraction of sp³-hybridized carbons (Fsp3) is 0.786. The lowest BCUT2D eigenvalue weighted by molar-refractivity contribution is -0.146. The molecule has 0 spiro atoms. The van der Waals surface area contributed by atoms with Gasteiger partial charge in [0.1, 0.15) is 6.04 Å². The number of amides is 2. The number of rotatable bonds is 6. The lowest BCUT2D eigenvalue weighted by Crippen LogP contribution is -2.50. The number of hydrogen-bond acceptors (Lipinski definition) is 4. The van der Waals surface area contributed by atoms with E-state index >= 15 is 0 Å². The van der Waals surface area contributed by atoms with Gasteiger partial charge in [-0.3, -0.25) is 19.3 Å². The molecular formula is C14H23N3O4. The third kappa shape index (κ3) is 4.70. The van der Waals surface area contributed by atoms with E-state index in [1.165, 1.54) is 4.90 Å². The van der Waals surface area contributed by atoms with Gasteiger partial charge in [0.05, 0.1) is 13.1 Å². The van der Waals surface area contributed by atoms with Crippen LogP contribution in [0.25, 0.3) is 0 Å². The molecule has 7 heteroatoms. The lowest BCUT2D eigenvalue weighted by Gasteiger charge is -2.33. The zero-order chi connectivity index (χ0) is 15.4. The van der Waals surface area contributed by atoms with E-state index in [2.05, 4.69) is 5.32 Å². The maximum atomic E-state index is 12.1. The van der Waals surface area contributed by atoms with Crippen molar-refractivity contribution in [1.29, 1.82) is 0 Å². The van der Waals surface area contributed by atoms with Gasteiger partial charge in [-0.15, -0.1) is 0 Å². The third-order valence-electron chi connectivity index (χ3n) is 3.99. The minimum atomic E-state index is -0.878. The number of carboxylic acid groups (broad SMARTS) is 1. The maximum absolute atomic E-state index is 12.1. The van der Waals surface area contributed by atoms with Gasteiger partial charge in [0.2, 0.25) is 11.8 Å². The molecule has 0 aromatic heterocycles. The predicted molar refractivity (Wildman–Crippen MR) is 75.6 cm³/mol. The number of carbonyl (C=O) groups excluding carboxylic acids is 2. The Kier molecular flexibility index (Phi) is 5.17. The average Bonchev–Trinajstić information content (AvgIpc) is 3.22. The normalized spacial score (nSPS) is 22.6. The predicted octanol–water partition coefficient (Wildman–Crippen LogP) is -0.337. The zero-order valence-electron chi connectivity index (χ0n) is 12.4. The number of likely N-dealkylation sites (N-methyl/N-ethyl adjacent to an activating group) is 1. The van der Waals surface area contributed by atoms with Crippen LogP contribution < -0.4 is 5.32 Å². The van der Waals surface area contributed by atoms with Crippen molar-refractivity contribution in [1.82, 2.24) is 15.1 Å². The van der Waals surface area contributed by atoms with Crippen molar-refractivity contribution in [2.45, 2.75) is 44.2 Å². The van der Waals surface area contributed by atoms with Crippen LogP contribution in [0, 0.1) is 0 Å². The molecule has 118 valence electrons. The summed E-state index contributed by atoms with van der Waals surface area (Å²) >= 11 is 0. The van der Waals surface area contributed by atoms with Crippen LogP contribution >= 0.6 is 0 Å². The molecular weight excluding hydrogens is 274 g/mol. The molecule has 1 saturated carbocycles. The number of nitrogens with one attached hydrogen (secondary N) is 1. The average molecular weight is 297 g/mol. The molecule has 7 nitrogen and oxygen atoms in total. The van der Waals surface area contributed by atoms with Crippen molar-refractivity contribution in [3.8, 4) is 0 Å². The van der Waals surface area contributed by atoms with E-state index in [0.717, 1.165) is 25.7 Å². The highest BCUT2D eigenvalue weighted by atomic mass is 16.4. The second-order valence-corrected chi connectivity index (χ2v) is 5.91. The summed E-state index contributed by atoms with van der Waals surface area (Å²) in [7, 11) is 1.58. The number of piperidine rings is 1. The number of likely N-dealkylation sites (tertiary alicyclic amines) is 1. The number of aliphatic carboxylic acids is 1. The van der Waals surface area contributed by atoms with Gasteiger partial charge in [0, 0.05) is 13.1 Å². The molecule has 2 fully saturated rings. The molecule has 0 radical (unpaired) electrons. The van der Waals surface area contributed by atoms with E-state index < -0.39 is 12.0 Å². The summed E-state index contributed by atoms with van der Waals surface area (Å²) in [5.41, 5.74) is 0. The highest BCUT2D eigenvalue weighted by Crippen LogP contribution is 2.18.